The molecule has 106 valence electrons. The highest BCUT2D eigenvalue weighted by atomic mass is 19.1. The lowest BCUT2D eigenvalue weighted by molar-refractivity contribution is -0.121. The summed E-state index contributed by atoms with van der Waals surface area (Å²) in [6.45, 7) is -0.377. The number of alkyl halides is 1. The molecule has 2 fully saturated rings. The Kier molecular flexibility index (Phi) is 5.81. The van der Waals surface area contributed by atoms with E-state index in [2.05, 4.69) is 6.08 Å². The second-order valence-corrected chi connectivity index (χ2v) is 6.02. The molecule has 2 saturated carbocycles. The zero-order valence-electron chi connectivity index (χ0n) is 11.7. The molecule has 2 aliphatic rings. The van der Waals surface area contributed by atoms with Gasteiger partial charge in [0, 0.05) is 12.8 Å². The second-order valence-electron chi connectivity index (χ2n) is 6.02. The number of carbonyl (C=O) groups is 1. The summed E-state index contributed by atoms with van der Waals surface area (Å²) in [6, 6.07) is 0. The molecule has 0 amide bonds. The summed E-state index contributed by atoms with van der Waals surface area (Å²) in [5.41, 5.74) is 0. The van der Waals surface area contributed by atoms with Crippen molar-refractivity contribution in [2.75, 3.05) is 6.67 Å². The largest absolute Gasteiger partial charge is 0.300 e. The highest BCUT2D eigenvalue weighted by Gasteiger charge is 2.29. The number of ketones is 1. The molecule has 2 aliphatic carbocycles. The van der Waals surface area contributed by atoms with E-state index < -0.39 is 0 Å². The minimum absolute atomic E-state index is 0.377. The third-order valence-corrected chi connectivity index (χ3v) is 4.79. The number of allylic oxidation sites excluding steroid dienone is 4. The molecule has 0 aromatic heterocycles. The Morgan fingerprint density at radius 1 is 0.947 bits per heavy atom. The average molecular weight is 264 g/mol. The molecular formula is C17H25FO. The van der Waals surface area contributed by atoms with Crippen LogP contribution >= 0.6 is 0 Å². The molecular weight excluding hydrogens is 239 g/mol. The summed E-state index contributed by atoms with van der Waals surface area (Å²) < 4.78 is 11.9. The maximum absolute atomic E-state index is 11.9. The number of Topliss-reactive ketones (excluding diaryl/α,β-unsaturated/α-hetero) is 1. The van der Waals surface area contributed by atoms with Crippen molar-refractivity contribution in [1.29, 1.82) is 0 Å². The molecule has 0 atom stereocenters. The first-order valence-corrected chi connectivity index (χ1v) is 7.70. The van der Waals surface area contributed by atoms with Gasteiger partial charge in [0.25, 0.3) is 0 Å². The van der Waals surface area contributed by atoms with Crippen LogP contribution in [0.2, 0.25) is 0 Å². The molecule has 0 radical (unpaired) electrons. The fourth-order valence-electron chi connectivity index (χ4n) is 3.59. The first-order valence-electron chi connectivity index (χ1n) is 7.70. The van der Waals surface area contributed by atoms with Crippen molar-refractivity contribution < 1.29 is 9.18 Å². The van der Waals surface area contributed by atoms with Crippen LogP contribution in [-0.2, 0) is 4.79 Å². The molecule has 0 N–H and O–H groups in total. The summed E-state index contributed by atoms with van der Waals surface area (Å²) in [5.74, 6) is 2.78. The lowest BCUT2D eigenvalue weighted by Gasteiger charge is -2.34. The molecule has 2 rings (SSSR count). The van der Waals surface area contributed by atoms with Gasteiger partial charge in [0.05, 0.1) is 0 Å². The minimum Gasteiger partial charge on any atom is -0.300 e. The van der Waals surface area contributed by atoms with Gasteiger partial charge in [0.2, 0.25) is 0 Å². The monoisotopic (exact) mass is 264 g/mol. The van der Waals surface area contributed by atoms with Gasteiger partial charge in [-0.15, -0.1) is 0 Å². The molecule has 19 heavy (non-hydrogen) atoms. The smallest absolute Gasteiger partial charge is 0.132 e. The highest BCUT2D eigenvalue weighted by Crippen LogP contribution is 2.39. The van der Waals surface area contributed by atoms with E-state index in [1.807, 2.05) is 6.08 Å². The van der Waals surface area contributed by atoms with Crippen molar-refractivity contribution in [3.8, 4) is 0 Å². The van der Waals surface area contributed by atoms with Gasteiger partial charge in [-0.1, -0.05) is 24.3 Å². The van der Waals surface area contributed by atoms with Gasteiger partial charge in [0.15, 0.2) is 0 Å². The van der Waals surface area contributed by atoms with Crippen molar-refractivity contribution in [3.63, 3.8) is 0 Å². The normalized spacial score (nSPS) is 30.5. The molecule has 0 bridgehead atoms. The van der Waals surface area contributed by atoms with Gasteiger partial charge in [0.1, 0.15) is 12.5 Å². The van der Waals surface area contributed by atoms with Crippen LogP contribution in [0.15, 0.2) is 24.3 Å². The van der Waals surface area contributed by atoms with Gasteiger partial charge in [-0.3, -0.25) is 4.79 Å². The van der Waals surface area contributed by atoms with E-state index in [0.717, 1.165) is 37.5 Å². The van der Waals surface area contributed by atoms with Crippen LogP contribution in [0, 0.1) is 17.8 Å². The van der Waals surface area contributed by atoms with Crippen LogP contribution in [0.1, 0.15) is 51.4 Å². The predicted octanol–water partition coefficient (Wildman–Crippen LogP) is 4.63. The zero-order chi connectivity index (χ0) is 13.5. The Morgan fingerprint density at radius 2 is 1.58 bits per heavy atom. The Morgan fingerprint density at radius 3 is 2.21 bits per heavy atom. The van der Waals surface area contributed by atoms with E-state index in [9.17, 15) is 9.18 Å². The first-order chi connectivity index (χ1) is 9.29. The Balaban J connectivity index is 1.71. The number of carbonyl (C=O) groups excluding carboxylic acids is 1. The molecule has 0 aromatic rings. The van der Waals surface area contributed by atoms with Crippen LogP contribution < -0.4 is 0 Å². The van der Waals surface area contributed by atoms with Crippen LogP contribution in [0.3, 0.4) is 0 Å². The number of halogens is 1. The van der Waals surface area contributed by atoms with E-state index in [0.29, 0.717) is 11.7 Å². The maximum atomic E-state index is 11.9. The molecule has 0 unspecified atom stereocenters. The van der Waals surface area contributed by atoms with Gasteiger partial charge in [-0.2, -0.15) is 0 Å². The standard InChI is InChI=1S/C17H25FO/c18-13-3-1-2-4-14-5-7-15(8-6-14)16-9-11-17(19)12-10-16/h1-4,14-16H,5-13H2. The predicted molar refractivity (Wildman–Crippen MR) is 76.7 cm³/mol. The van der Waals surface area contributed by atoms with Crippen molar-refractivity contribution in [2.24, 2.45) is 17.8 Å². The van der Waals surface area contributed by atoms with E-state index >= 15 is 0 Å². The molecule has 0 spiro atoms. The third-order valence-electron chi connectivity index (χ3n) is 4.79. The highest BCUT2D eigenvalue weighted by molar-refractivity contribution is 5.79. The summed E-state index contributed by atoms with van der Waals surface area (Å²) in [6.07, 6.45) is 16.6. The van der Waals surface area contributed by atoms with Gasteiger partial charge in [-0.05, 0) is 56.3 Å². The van der Waals surface area contributed by atoms with E-state index in [1.165, 1.54) is 25.7 Å². The lowest BCUT2D eigenvalue weighted by Crippen LogP contribution is -2.25. The minimum atomic E-state index is -0.377. The van der Waals surface area contributed by atoms with Crippen molar-refractivity contribution in [1.82, 2.24) is 0 Å². The summed E-state index contributed by atoms with van der Waals surface area (Å²) >= 11 is 0. The SMILES string of the molecule is O=C1CCC(C2CCC(C=CC=CCF)CC2)CC1. The number of hydrogen-bond acceptors (Lipinski definition) is 1. The Bertz CT molecular complexity index is 327. The van der Waals surface area contributed by atoms with Crippen molar-refractivity contribution in [2.45, 2.75) is 51.4 Å². The summed E-state index contributed by atoms with van der Waals surface area (Å²) in [5, 5.41) is 0. The molecule has 0 saturated heterocycles. The van der Waals surface area contributed by atoms with Crippen LogP contribution in [0.4, 0.5) is 4.39 Å². The number of rotatable bonds is 4. The molecule has 2 heteroatoms. The topological polar surface area (TPSA) is 17.1 Å². The van der Waals surface area contributed by atoms with E-state index in [4.69, 9.17) is 0 Å². The van der Waals surface area contributed by atoms with Crippen molar-refractivity contribution >= 4 is 5.78 Å². The quantitative estimate of drug-likeness (QED) is 0.676. The summed E-state index contributed by atoms with van der Waals surface area (Å²) in [7, 11) is 0. The van der Waals surface area contributed by atoms with Crippen LogP contribution in [-0.4, -0.2) is 12.5 Å². The Hall–Kier alpha value is -0.920. The fourth-order valence-corrected chi connectivity index (χ4v) is 3.59. The molecule has 0 aliphatic heterocycles. The molecule has 0 heterocycles. The van der Waals surface area contributed by atoms with E-state index in [-0.39, 0.29) is 6.67 Å². The maximum Gasteiger partial charge on any atom is 0.132 e. The molecule has 0 aromatic carbocycles. The van der Waals surface area contributed by atoms with Crippen LogP contribution in [0.25, 0.3) is 0 Å². The average Bonchev–Trinajstić information content (AvgIpc) is 2.45. The van der Waals surface area contributed by atoms with Crippen LogP contribution in [0.5, 0.6) is 0 Å². The van der Waals surface area contributed by atoms with Gasteiger partial charge < -0.3 is 0 Å². The summed E-state index contributed by atoms with van der Waals surface area (Å²) in [4.78, 5) is 11.3. The lowest BCUT2D eigenvalue weighted by atomic mass is 9.71. The second kappa shape index (κ2) is 7.62. The Labute approximate surface area is 116 Å². The third kappa shape index (κ3) is 4.59. The van der Waals surface area contributed by atoms with Gasteiger partial charge >= 0.3 is 0 Å². The molecule has 1 nitrogen and oxygen atoms in total. The zero-order valence-corrected chi connectivity index (χ0v) is 11.7. The first kappa shape index (κ1) is 14.5. The fraction of sp³-hybridized carbons (Fsp3) is 0.706. The van der Waals surface area contributed by atoms with E-state index in [1.54, 1.807) is 12.2 Å². The number of hydrogen-bond donors (Lipinski definition) is 0. The van der Waals surface area contributed by atoms with Crippen molar-refractivity contribution in [3.05, 3.63) is 24.3 Å². The van der Waals surface area contributed by atoms with Gasteiger partial charge in [-0.25, -0.2) is 4.39 Å².